The van der Waals surface area contributed by atoms with Gasteiger partial charge in [-0.2, -0.15) is 5.10 Å². The van der Waals surface area contributed by atoms with Gasteiger partial charge in [-0.3, -0.25) is 19.6 Å². The fourth-order valence-electron chi connectivity index (χ4n) is 2.83. The standard InChI is InChI=1S/C16H17N3O3/c1-3-4-11(16(21)17-9-20)13-8-22-15-5-10-7-19(2)18-14(10)6-12(13)15/h5-9,11H,3-4H2,1-2H3,(H,17,20,21). The Balaban J connectivity index is 2.13. The molecule has 3 aromatic rings. The number of rotatable bonds is 5. The van der Waals surface area contributed by atoms with E-state index in [2.05, 4.69) is 10.4 Å². The highest BCUT2D eigenvalue weighted by atomic mass is 16.3. The minimum absolute atomic E-state index is 0.305. The smallest absolute Gasteiger partial charge is 0.234 e. The number of amides is 2. The minimum atomic E-state index is -0.405. The number of carbonyl (C=O) groups is 2. The van der Waals surface area contributed by atoms with E-state index in [1.54, 1.807) is 10.9 Å². The molecule has 2 heterocycles. The number of carbonyl (C=O) groups excluding carboxylic acids is 2. The van der Waals surface area contributed by atoms with Crippen molar-refractivity contribution in [3.8, 4) is 0 Å². The van der Waals surface area contributed by atoms with Gasteiger partial charge in [0.1, 0.15) is 5.58 Å². The van der Waals surface area contributed by atoms with Gasteiger partial charge in [0, 0.05) is 29.6 Å². The van der Waals surface area contributed by atoms with Crippen LogP contribution in [0.1, 0.15) is 31.2 Å². The lowest BCUT2D eigenvalue weighted by Gasteiger charge is -2.12. The number of benzene rings is 1. The van der Waals surface area contributed by atoms with E-state index in [1.165, 1.54) is 0 Å². The minimum Gasteiger partial charge on any atom is -0.464 e. The summed E-state index contributed by atoms with van der Waals surface area (Å²) in [5, 5.41) is 8.49. The average molecular weight is 299 g/mol. The number of nitrogens with zero attached hydrogens (tertiary/aromatic N) is 2. The molecule has 3 rings (SSSR count). The summed E-state index contributed by atoms with van der Waals surface area (Å²) >= 11 is 0. The van der Waals surface area contributed by atoms with Gasteiger partial charge in [0.2, 0.25) is 12.3 Å². The molecule has 0 fully saturated rings. The Bertz CT molecular complexity index is 847. The fourth-order valence-corrected chi connectivity index (χ4v) is 2.83. The molecule has 0 aliphatic rings. The van der Waals surface area contributed by atoms with E-state index in [0.29, 0.717) is 12.8 Å². The summed E-state index contributed by atoms with van der Waals surface area (Å²) in [6, 6.07) is 3.85. The number of aryl methyl sites for hydroxylation is 1. The van der Waals surface area contributed by atoms with E-state index in [-0.39, 0.29) is 5.91 Å². The number of nitrogens with one attached hydrogen (secondary N) is 1. The molecule has 2 aromatic heterocycles. The Kier molecular flexibility index (Phi) is 3.66. The second kappa shape index (κ2) is 5.63. The van der Waals surface area contributed by atoms with Gasteiger partial charge < -0.3 is 4.42 Å². The summed E-state index contributed by atoms with van der Waals surface area (Å²) < 4.78 is 7.36. The van der Waals surface area contributed by atoms with Crippen molar-refractivity contribution in [2.24, 2.45) is 7.05 Å². The van der Waals surface area contributed by atoms with Gasteiger partial charge >= 0.3 is 0 Å². The summed E-state index contributed by atoms with van der Waals surface area (Å²) in [7, 11) is 1.86. The zero-order valence-corrected chi connectivity index (χ0v) is 12.5. The Morgan fingerprint density at radius 3 is 3.05 bits per heavy atom. The van der Waals surface area contributed by atoms with Gasteiger partial charge in [0.15, 0.2) is 0 Å². The first-order valence-corrected chi connectivity index (χ1v) is 7.22. The molecule has 0 aliphatic carbocycles. The van der Waals surface area contributed by atoms with Crippen molar-refractivity contribution in [3.05, 3.63) is 30.2 Å². The van der Waals surface area contributed by atoms with Gasteiger partial charge in [0.25, 0.3) is 0 Å². The summed E-state index contributed by atoms with van der Waals surface area (Å²) in [5.74, 6) is -0.710. The summed E-state index contributed by atoms with van der Waals surface area (Å²) in [6.07, 6.45) is 5.42. The molecule has 0 spiro atoms. The lowest BCUT2D eigenvalue weighted by molar-refractivity contribution is -0.126. The topological polar surface area (TPSA) is 77.1 Å². The Hall–Kier alpha value is -2.63. The second-order valence-electron chi connectivity index (χ2n) is 5.37. The largest absolute Gasteiger partial charge is 0.464 e. The van der Waals surface area contributed by atoms with Crippen LogP contribution in [0.3, 0.4) is 0 Å². The molecule has 22 heavy (non-hydrogen) atoms. The van der Waals surface area contributed by atoms with Crippen molar-refractivity contribution >= 4 is 34.2 Å². The molecule has 6 nitrogen and oxygen atoms in total. The first kappa shape index (κ1) is 14.3. The number of fused-ring (bicyclic) bond motifs is 2. The quantitative estimate of drug-likeness (QED) is 0.734. The normalized spacial score (nSPS) is 12.6. The first-order valence-electron chi connectivity index (χ1n) is 7.22. The van der Waals surface area contributed by atoms with E-state index in [0.717, 1.165) is 33.9 Å². The zero-order valence-electron chi connectivity index (χ0n) is 12.5. The van der Waals surface area contributed by atoms with Crippen molar-refractivity contribution < 1.29 is 14.0 Å². The van der Waals surface area contributed by atoms with Crippen LogP contribution in [0.15, 0.2) is 29.0 Å². The molecule has 0 aliphatic heterocycles. The number of aromatic nitrogens is 2. The van der Waals surface area contributed by atoms with Crippen molar-refractivity contribution in [1.29, 1.82) is 0 Å². The summed E-state index contributed by atoms with van der Waals surface area (Å²) in [5.41, 5.74) is 2.36. The molecule has 2 amide bonds. The number of hydrogen-bond donors (Lipinski definition) is 1. The van der Waals surface area contributed by atoms with E-state index < -0.39 is 5.92 Å². The van der Waals surface area contributed by atoms with Crippen LogP contribution in [0, 0.1) is 0 Å². The maximum Gasteiger partial charge on any atom is 0.234 e. The van der Waals surface area contributed by atoms with E-state index in [9.17, 15) is 9.59 Å². The highest BCUT2D eigenvalue weighted by Crippen LogP contribution is 2.33. The van der Waals surface area contributed by atoms with Crippen LogP contribution in [0.4, 0.5) is 0 Å². The van der Waals surface area contributed by atoms with Crippen LogP contribution >= 0.6 is 0 Å². The van der Waals surface area contributed by atoms with Gasteiger partial charge in [-0.1, -0.05) is 13.3 Å². The summed E-state index contributed by atoms with van der Waals surface area (Å²) in [6.45, 7) is 2.00. The Morgan fingerprint density at radius 2 is 2.32 bits per heavy atom. The third kappa shape index (κ3) is 2.36. The van der Waals surface area contributed by atoms with E-state index in [1.807, 2.05) is 32.3 Å². The van der Waals surface area contributed by atoms with Crippen molar-refractivity contribution in [1.82, 2.24) is 15.1 Å². The predicted octanol–water partition coefficient (Wildman–Crippen LogP) is 2.48. The monoisotopic (exact) mass is 299 g/mol. The van der Waals surface area contributed by atoms with Crippen LogP contribution < -0.4 is 5.32 Å². The SMILES string of the molecule is CCCC(C(=O)NC=O)c1coc2cc3cn(C)nc3cc12. The predicted molar refractivity (Wildman–Crippen MR) is 82.3 cm³/mol. The Labute approximate surface area is 127 Å². The zero-order chi connectivity index (χ0) is 15.7. The maximum absolute atomic E-state index is 12.1. The van der Waals surface area contributed by atoms with Gasteiger partial charge in [-0.05, 0) is 18.6 Å². The highest BCUT2D eigenvalue weighted by Gasteiger charge is 2.24. The van der Waals surface area contributed by atoms with Crippen LogP contribution in [0.25, 0.3) is 21.9 Å². The van der Waals surface area contributed by atoms with Crippen molar-refractivity contribution in [2.75, 3.05) is 0 Å². The second-order valence-corrected chi connectivity index (χ2v) is 5.37. The molecule has 1 aromatic carbocycles. The lowest BCUT2D eigenvalue weighted by atomic mass is 9.93. The fraction of sp³-hybridized carbons (Fsp3) is 0.312. The third-order valence-corrected chi connectivity index (χ3v) is 3.81. The van der Waals surface area contributed by atoms with E-state index >= 15 is 0 Å². The molecule has 1 N–H and O–H groups in total. The molecule has 0 saturated heterocycles. The van der Waals surface area contributed by atoms with Gasteiger partial charge in [-0.15, -0.1) is 0 Å². The van der Waals surface area contributed by atoms with Gasteiger partial charge in [0.05, 0.1) is 17.7 Å². The molecule has 0 bridgehead atoms. The lowest BCUT2D eigenvalue weighted by Crippen LogP contribution is -2.27. The number of hydrogen-bond acceptors (Lipinski definition) is 4. The molecular weight excluding hydrogens is 282 g/mol. The number of imide groups is 1. The molecular formula is C16H17N3O3. The molecule has 6 heteroatoms. The highest BCUT2D eigenvalue weighted by molar-refractivity contribution is 5.99. The third-order valence-electron chi connectivity index (χ3n) is 3.81. The van der Waals surface area contributed by atoms with Crippen LogP contribution in [-0.4, -0.2) is 22.1 Å². The molecule has 0 radical (unpaired) electrons. The molecule has 0 saturated carbocycles. The van der Waals surface area contributed by atoms with E-state index in [4.69, 9.17) is 4.42 Å². The van der Waals surface area contributed by atoms with Crippen LogP contribution in [-0.2, 0) is 16.6 Å². The maximum atomic E-state index is 12.1. The molecule has 114 valence electrons. The molecule has 1 atom stereocenters. The van der Waals surface area contributed by atoms with Crippen LogP contribution in [0.2, 0.25) is 0 Å². The van der Waals surface area contributed by atoms with Crippen LogP contribution in [0.5, 0.6) is 0 Å². The van der Waals surface area contributed by atoms with Gasteiger partial charge in [-0.25, -0.2) is 0 Å². The summed E-state index contributed by atoms with van der Waals surface area (Å²) in [4.78, 5) is 22.7. The number of furan rings is 1. The van der Waals surface area contributed by atoms with Crippen molar-refractivity contribution in [2.45, 2.75) is 25.7 Å². The Morgan fingerprint density at radius 1 is 1.50 bits per heavy atom. The first-order chi connectivity index (χ1) is 10.6. The average Bonchev–Trinajstić information content (AvgIpc) is 3.04. The molecule has 1 unspecified atom stereocenters. The van der Waals surface area contributed by atoms with Crippen molar-refractivity contribution in [3.63, 3.8) is 0 Å².